The molecule has 2 aromatic carbocycles. The number of hydrogen-bond acceptors (Lipinski definition) is 2. The maximum Gasteiger partial charge on any atom is 0.315 e. The van der Waals surface area contributed by atoms with Gasteiger partial charge in [-0.25, -0.2) is 13.6 Å². The molecule has 2 amide bonds. The van der Waals surface area contributed by atoms with Crippen LogP contribution in [0.2, 0.25) is 0 Å². The van der Waals surface area contributed by atoms with E-state index in [0.717, 1.165) is 11.1 Å². The molecule has 1 saturated heterocycles. The Morgan fingerprint density at radius 1 is 1.04 bits per heavy atom. The molecule has 0 saturated carbocycles. The highest BCUT2D eigenvalue weighted by molar-refractivity contribution is 5.74. The summed E-state index contributed by atoms with van der Waals surface area (Å²) in [6.07, 6.45) is 0.0811. The van der Waals surface area contributed by atoms with E-state index in [0.29, 0.717) is 19.4 Å². The molecule has 26 heavy (non-hydrogen) atoms. The number of rotatable bonds is 3. The fourth-order valence-electron chi connectivity index (χ4n) is 2.54. The van der Waals surface area contributed by atoms with E-state index in [1.54, 1.807) is 24.3 Å². The van der Waals surface area contributed by atoms with Gasteiger partial charge in [0.15, 0.2) is 0 Å². The van der Waals surface area contributed by atoms with E-state index in [4.69, 9.17) is 0 Å². The van der Waals surface area contributed by atoms with Gasteiger partial charge in [0.1, 0.15) is 17.7 Å². The molecule has 0 bridgehead atoms. The van der Waals surface area contributed by atoms with E-state index in [-0.39, 0.29) is 17.7 Å². The van der Waals surface area contributed by atoms with Crippen LogP contribution in [0.4, 0.5) is 18.1 Å². The van der Waals surface area contributed by atoms with E-state index < -0.39 is 12.1 Å². The molecule has 7 heteroatoms. The van der Waals surface area contributed by atoms with Crippen molar-refractivity contribution < 1.29 is 23.0 Å². The molecule has 2 atom stereocenters. The molecular weight excluding hydrogens is 345 g/mol. The third kappa shape index (κ3) is 6.40. The Bertz CT molecular complexity index is 672. The fourth-order valence-corrected chi connectivity index (χ4v) is 2.54. The number of aryl methyl sites for hydroxylation is 1. The van der Waals surface area contributed by atoms with E-state index in [2.05, 4.69) is 15.6 Å². The molecule has 0 radical (unpaired) electrons. The highest BCUT2D eigenvalue weighted by atomic mass is 19.3. The van der Waals surface area contributed by atoms with E-state index in [1.165, 1.54) is 24.3 Å². The minimum Gasteiger partial charge on any atom is -0.338 e. The Hall–Kier alpha value is -2.54. The summed E-state index contributed by atoms with van der Waals surface area (Å²) in [7, 11) is 0. The van der Waals surface area contributed by atoms with Crippen LogP contribution in [0.15, 0.2) is 48.5 Å². The molecular formula is C19H21F3N2O2. The molecule has 4 nitrogen and oxygen atoms in total. The van der Waals surface area contributed by atoms with Gasteiger partial charge >= 0.3 is 6.03 Å². The summed E-state index contributed by atoms with van der Waals surface area (Å²) in [5.74, 6) is -0.501. The Morgan fingerprint density at radius 3 is 2.15 bits per heavy atom. The summed E-state index contributed by atoms with van der Waals surface area (Å²) in [6.45, 7) is 2.29. The molecule has 1 heterocycles. The second-order valence-electron chi connectivity index (χ2n) is 6.05. The number of carbonyl (C=O) groups excluding carboxylic acids is 1. The lowest BCUT2D eigenvalue weighted by atomic mass is 10.00. The van der Waals surface area contributed by atoms with Gasteiger partial charge in [-0.15, -0.1) is 0 Å². The number of benzene rings is 2. The zero-order valence-corrected chi connectivity index (χ0v) is 14.3. The minimum absolute atomic E-state index is 0.171. The summed E-state index contributed by atoms with van der Waals surface area (Å²) in [5, 5.41) is 5.21. The predicted molar refractivity (Wildman–Crippen MR) is 92.2 cm³/mol. The Morgan fingerprint density at radius 2 is 1.62 bits per heavy atom. The predicted octanol–water partition coefficient (Wildman–Crippen LogP) is 3.84. The van der Waals surface area contributed by atoms with Crippen molar-refractivity contribution in [1.29, 1.82) is 0 Å². The standard InChI is InChI=1S/C12H14F2N2O2.C7H7F/c13-9-3-1-8(2-4-9)7-10-11(18-14)5-6-15-12(17)16-10;1-6-2-4-7(8)5-3-6/h1-4,10-11H,5-7H2,(H2,15,16,17);2-5H,1H3/t10-,11?;/m1./s1. The average Bonchev–Trinajstić information content (AvgIpc) is 2.80. The summed E-state index contributed by atoms with van der Waals surface area (Å²) in [4.78, 5) is 15.2. The van der Waals surface area contributed by atoms with Crippen molar-refractivity contribution in [3.8, 4) is 0 Å². The van der Waals surface area contributed by atoms with E-state index in [9.17, 15) is 18.1 Å². The molecule has 1 fully saturated rings. The minimum atomic E-state index is -0.700. The van der Waals surface area contributed by atoms with Gasteiger partial charge in [0.2, 0.25) is 0 Å². The molecule has 0 aliphatic carbocycles. The SMILES string of the molecule is Cc1ccc(F)cc1.O=C1NCCC(OF)[C@@H](Cc2ccc(F)cc2)N1. The van der Waals surface area contributed by atoms with Crippen LogP contribution in [-0.2, 0) is 11.4 Å². The maximum absolute atomic E-state index is 12.8. The summed E-state index contributed by atoms with van der Waals surface area (Å²) in [5.41, 5.74) is 1.90. The van der Waals surface area contributed by atoms with Crippen molar-refractivity contribution in [2.24, 2.45) is 0 Å². The highest BCUT2D eigenvalue weighted by Crippen LogP contribution is 2.14. The Labute approximate surface area is 150 Å². The van der Waals surface area contributed by atoms with E-state index >= 15 is 0 Å². The van der Waals surface area contributed by atoms with Gasteiger partial charge in [-0.1, -0.05) is 29.8 Å². The van der Waals surface area contributed by atoms with Crippen molar-refractivity contribution >= 4 is 6.03 Å². The van der Waals surface area contributed by atoms with Crippen LogP contribution in [0.3, 0.4) is 0 Å². The summed E-state index contributed by atoms with van der Waals surface area (Å²) >= 11 is 0. The molecule has 1 aliphatic heterocycles. The van der Waals surface area contributed by atoms with Crippen molar-refractivity contribution in [3.05, 3.63) is 71.3 Å². The van der Waals surface area contributed by atoms with E-state index in [1.807, 2.05) is 6.92 Å². The molecule has 1 unspecified atom stereocenters. The van der Waals surface area contributed by atoms with Crippen LogP contribution in [0.1, 0.15) is 17.5 Å². The van der Waals surface area contributed by atoms with Crippen molar-refractivity contribution in [3.63, 3.8) is 0 Å². The smallest absolute Gasteiger partial charge is 0.315 e. The zero-order valence-electron chi connectivity index (χ0n) is 14.3. The van der Waals surface area contributed by atoms with Crippen LogP contribution in [-0.4, -0.2) is 24.7 Å². The lowest BCUT2D eigenvalue weighted by Crippen LogP contribution is -2.45. The van der Waals surface area contributed by atoms with Gasteiger partial charge in [0.25, 0.3) is 0 Å². The average molecular weight is 366 g/mol. The van der Waals surface area contributed by atoms with Crippen LogP contribution < -0.4 is 10.6 Å². The molecule has 2 aromatic rings. The Kier molecular flexibility index (Phi) is 7.47. The first-order valence-corrected chi connectivity index (χ1v) is 8.26. The second kappa shape index (κ2) is 9.82. The quantitative estimate of drug-likeness (QED) is 0.867. The fraction of sp³-hybridized carbons (Fsp3) is 0.316. The van der Waals surface area contributed by atoms with Crippen LogP contribution in [0, 0.1) is 18.6 Å². The van der Waals surface area contributed by atoms with Gasteiger partial charge in [-0.2, -0.15) is 4.94 Å². The maximum atomic E-state index is 12.8. The third-order valence-corrected chi connectivity index (χ3v) is 3.97. The molecule has 140 valence electrons. The topological polar surface area (TPSA) is 50.4 Å². The lowest BCUT2D eigenvalue weighted by Gasteiger charge is -2.21. The molecule has 0 aromatic heterocycles. The van der Waals surface area contributed by atoms with Gasteiger partial charge in [-0.05, 0) is 54.1 Å². The van der Waals surface area contributed by atoms with Crippen LogP contribution >= 0.6 is 0 Å². The van der Waals surface area contributed by atoms with Gasteiger partial charge in [0, 0.05) is 6.54 Å². The number of carbonyl (C=O) groups is 1. The largest absolute Gasteiger partial charge is 0.338 e. The molecule has 0 spiro atoms. The van der Waals surface area contributed by atoms with Gasteiger partial charge in [0.05, 0.1) is 6.04 Å². The van der Waals surface area contributed by atoms with Crippen LogP contribution in [0.5, 0.6) is 0 Å². The van der Waals surface area contributed by atoms with Gasteiger partial charge < -0.3 is 10.6 Å². The number of nitrogens with one attached hydrogen (secondary N) is 2. The lowest BCUT2D eigenvalue weighted by molar-refractivity contribution is -0.187. The van der Waals surface area contributed by atoms with Gasteiger partial charge in [-0.3, -0.25) is 0 Å². The number of hydrogen-bond donors (Lipinski definition) is 2. The normalized spacial score (nSPS) is 19.5. The third-order valence-electron chi connectivity index (χ3n) is 3.97. The first-order valence-electron chi connectivity index (χ1n) is 8.26. The first kappa shape index (κ1) is 19.8. The summed E-state index contributed by atoms with van der Waals surface area (Å²) < 4.78 is 37.3. The molecule has 2 N–H and O–H groups in total. The summed E-state index contributed by atoms with van der Waals surface area (Å²) in [6, 6.07) is 11.5. The van der Waals surface area contributed by atoms with Crippen molar-refractivity contribution in [1.82, 2.24) is 10.6 Å². The monoisotopic (exact) mass is 366 g/mol. The zero-order chi connectivity index (χ0) is 18.9. The Balaban J connectivity index is 0.000000254. The van der Waals surface area contributed by atoms with Crippen molar-refractivity contribution in [2.75, 3.05) is 6.54 Å². The number of urea groups is 1. The second-order valence-corrected chi connectivity index (χ2v) is 6.05. The van der Waals surface area contributed by atoms with Crippen molar-refractivity contribution in [2.45, 2.75) is 31.9 Å². The number of amides is 2. The van der Waals surface area contributed by atoms with Crippen LogP contribution in [0.25, 0.3) is 0 Å². The first-order chi connectivity index (χ1) is 12.5. The molecule has 3 rings (SSSR count). The highest BCUT2D eigenvalue weighted by Gasteiger charge is 2.28. The number of halogens is 3. The molecule has 1 aliphatic rings.